The average molecular weight is 259 g/mol. The van der Waals surface area contributed by atoms with Crippen LogP contribution in [-0.4, -0.2) is 46.8 Å². The van der Waals surface area contributed by atoms with Crippen LogP contribution in [0.25, 0.3) is 0 Å². The van der Waals surface area contributed by atoms with Gasteiger partial charge in [-0.15, -0.1) is 0 Å². The van der Waals surface area contributed by atoms with Gasteiger partial charge in [-0.2, -0.15) is 0 Å². The smallest absolute Gasteiger partial charge is 0.323 e. The number of rotatable bonds is 7. The number of carbonyl (C=O) groups excluding carboxylic acids is 1. The van der Waals surface area contributed by atoms with Gasteiger partial charge in [0.15, 0.2) is 0 Å². The molecule has 0 radical (unpaired) electrons. The minimum Gasteiger partial charge on any atom is -0.459 e. The minimum atomic E-state index is -0.468. The van der Waals surface area contributed by atoms with Crippen molar-refractivity contribution in [2.75, 3.05) is 13.2 Å². The van der Waals surface area contributed by atoms with Crippen LogP contribution in [0.3, 0.4) is 0 Å². The first kappa shape index (κ1) is 17.4. The zero-order valence-corrected chi connectivity index (χ0v) is 12.7. The van der Waals surface area contributed by atoms with Gasteiger partial charge in [-0.25, -0.2) is 0 Å². The normalized spacial score (nSPS) is 14.1. The summed E-state index contributed by atoms with van der Waals surface area (Å²) >= 11 is 0. The first-order chi connectivity index (χ1) is 8.26. The summed E-state index contributed by atoms with van der Waals surface area (Å²) < 4.78 is 5.40. The molecule has 0 aromatic heterocycles. The van der Waals surface area contributed by atoms with Gasteiger partial charge in [-0.05, 0) is 40.5 Å². The molecule has 0 amide bonds. The fraction of sp³-hybridized carbons (Fsp3) is 0.929. The molecule has 1 atom stereocenters. The molecule has 4 nitrogen and oxygen atoms in total. The maximum absolute atomic E-state index is 12.1. The molecule has 0 saturated heterocycles. The lowest BCUT2D eigenvalue weighted by Crippen LogP contribution is -2.48. The summed E-state index contributed by atoms with van der Waals surface area (Å²) in [5, 5.41) is 9.15. The molecular weight excluding hydrogens is 230 g/mol. The molecule has 0 heterocycles. The monoisotopic (exact) mass is 259 g/mol. The highest BCUT2D eigenvalue weighted by Gasteiger charge is 2.29. The van der Waals surface area contributed by atoms with E-state index in [1.807, 2.05) is 32.6 Å². The van der Waals surface area contributed by atoms with E-state index in [2.05, 4.69) is 13.8 Å². The highest BCUT2D eigenvalue weighted by molar-refractivity contribution is 5.75. The lowest BCUT2D eigenvalue weighted by Gasteiger charge is -2.35. The quantitative estimate of drug-likeness (QED) is 0.712. The molecule has 0 spiro atoms. The van der Waals surface area contributed by atoms with Gasteiger partial charge in [0.25, 0.3) is 0 Å². The Balaban J connectivity index is 4.74. The summed E-state index contributed by atoms with van der Waals surface area (Å²) in [6.45, 7) is 12.2. The Hall–Kier alpha value is -0.610. The van der Waals surface area contributed by atoms with Crippen LogP contribution < -0.4 is 0 Å². The first-order valence-corrected chi connectivity index (χ1v) is 6.86. The van der Waals surface area contributed by atoms with Crippen LogP contribution in [0.2, 0.25) is 0 Å². The van der Waals surface area contributed by atoms with Gasteiger partial charge >= 0.3 is 5.97 Å². The molecule has 0 fully saturated rings. The molecule has 0 aliphatic rings. The van der Waals surface area contributed by atoms with Crippen LogP contribution in [0.4, 0.5) is 0 Å². The van der Waals surface area contributed by atoms with Crippen molar-refractivity contribution in [3.8, 4) is 0 Å². The second-order valence-electron chi connectivity index (χ2n) is 5.64. The van der Waals surface area contributed by atoms with Crippen molar-refractivity contribution in [1.82, 2.24) is 4.90 Å². The zero-order chi connectivity index (χ0) is 14.3. The van der Waals surface area contributed by atoms with E-state index in [1.54, 1.807) is 0 Å². The Kier molecular flexibility index (Phi) is 7.48. The van der Waals surface area contributed by atoms with Crippen molar-refractivity contribution in [2.45, 2.75) is 72.1 Å². The standard InChI is InChI=1S/C14H29NO3/c1-7-12(8-2)15(9-10-16)11(3)13(17)18-14(4,5)6/h11-12,16H,7-10H2,1-6H3. The van der Waals surface area contributed by atoms with E-state index in [-0.39, 0.29) is 18.6 Å². The average Bonchev–Trinajstić information content (AvgIpc) is 2.26. The van der Waals surface area contributed by atoms with Crippen LogP contribution in [0.5, 0.6) is 0 Å². The third kappa shape index (κ3) is 5.83. The number of aliphatic hydroxyl groups is 1. The fourth-order valence-corrected chi connectivity index (χ4v) is 2.09. The van der Waals surface area contributed by atoms with Crippen molar-refractivity contribution in [3.05, 3.63) is 0 Å². The first-order valence-electron chi connectivity index (χ1n) is 6.86. The van der Waals surface area contributed by atoms with E-state index in [9.17, 15) is 4.79 Å². The van der Waals surface area contributed by atoms with Gasteiger partial charge in [0, 0.05) is 12.6 Å². The molecule has 1 N–H and O–H groups in total. The number of carbonyl (C=O) groups is 1. The Morgan fingerprint density at radius 3 is 2.11 bits per heavy atom. The molecule has 108 valence electrons. The molecular formula is C14H29NO3. The maximum atomic E-state index is 12.1. The topological polar surface area (TPSA) is 49.8 Å². The highest BCUT2D eigenvalue weighted by Crippen LogP contribution is 2.16. The largest absolute Gasteiger partial charge is 0.459 e. The highest BCUT2D eigenvalue weighted by atomic mass is 16.6. The van der Waals surface area contributed by atoms with E-state index < -0.39 is 5.60 Å². The molecule has 4 heteroatoms. The van der Waals surface area contributed by atoms with Crippen LogP contribution in [-0.2, 0) is 9.53 Å². The predicted octanol–water partition coefficient (Wildman–Crippen LogP) is 2.20. The Bertz CT molecular complexity index is 244. The van der Waals surface area contributed by atoms with Crippen LogP contribution >= 0.6 is 0 Å². The maximum Gasteiger partial charge on any atom is 0.323 e. The van der Waals surface area contributed by atoms with Gasteiger partial charge in [0.1, 0.15) is 11.6 Å². The van der Waals surface area contributed by atoms with Crippen molar-refractivity contribution < 1.29 is 14.6 Å². The van der Waals surface area contributed by atoms with Crippen LogP contribution in [0, 0.1) is 0 Å². The molecule has 1 unspecified atom stereocenters. The molecule has 0 aliphatic carbocycles. The number of nitrogens with zero attached hydrogens (tertiary/aromatic N) is 1. The molecule has 0 aromatic carbocycles. The van der Waals surface area contributed by atoms with Crippen molar-refractivity contribution in [3.63, 3.8) is 0 Å². The summed E-state index contributed by atoms with van der Waals surface area (Å²) in [6.07, 6.45) is 1.92. The van der Waals surface area contributed by atoms with E-state index >= 15 is 0 Å². The van der Waals surface area contributed by atoms with E-state index in [4.69, 9.17) is 9.84 Å². The number of hydrogen-bond acceptors (Lipinski definition) is 4. The van der Waals surface area contributed by atoms with Crippen molar-refractivity contribution in [1.29, 1.82) is 0 Å². The molecule has 0 aromatic rings. The number of aliphatic hydroxyl groups excluding tert-OH is 1. The van der Waals surface area contributed by atoms with E-state index in [1.165, 1.54) is 0 Å². The molecule has 18 heavy (non-hydrogen) atoms. The van der Waals surface area contributed by atoms with Gasteiger partial charge in [-0.3, -0.25) is 9.69 Å². The SMILES string of the molecule is CCC(CC)N(CCO)C(C)C(=O)OC(C)(C)C. The Labute approximate surface area is 111 Å². The van der Waals surface area contributed by atoms with Gasteiger partial charge in [0.05, 0.1) is 6.61 Å². The lowest BCUT2D eigenvalue weighted by atomic mass is 10.1. The molecule has 0 rings (SSSR count). The Morgan fingerprint density at radius 2 is 1.78 bits per heavy atom. The minimum absolute atomic E-state index is 0.0592. The van der Waals surface area contributed by atoms with Crippen LogP contribution in [0.15, 0.2) is 0 Å². The van der Waals surface area contributed by atoms with E-state index in [0.717, 1.165) is 12.8 Å². The van der Waals surface area contributed by atoms with Gasteiger partial charge in [0.2, 0.25) is 0 Å². The van der Waals surface area contributed by atoms with E-state index in [0.29, 0.717) is 12.6 Å². The summed E-state index contributed by atoms with van der Waals surface area (Å²) in [7, 11) is 0. The lowest BCUT2D eigenvalue weighted by molar-refractivity contribution is -0.162. The fourth-order valence-electron chi connectivity index (χ4n) is 2.09. The predicted molar refractivity (Wildman–Crippen MR) is 73.5 cm³/mol. The number of ether oxygens (including phenoxy) is 1. The molecule has 0 aliphatic heterocycles. The summed E-state index contributed by atoms with van der Waals surface area (Å²) in [5.74, 6) is -0.220. The third-order valence-electron chi connectivity index (χ3n) is 3.02. The van der Waals surface area contributed by atoms with Crippen molar-refractivity contribution >= 4 is 5.97 Å². The van der Waals surface area contributed by atoms with Crippen molar-refractivity contribution in [2.24, 2.45) is 0 Å². The van der Waals surface area contributed by atoms with Crippen LogP contribution in [0.1, 0.15) is 54.4 Å². The van der Waals surface area contributed by atoms with Gasteiger partial charge < -0.3 is 9.84 Å². The molecule has 0 bridgehead atoms. The number of hydrogen-bond donors (Lipinski definition) is 1. The zero-order valence-electron chi connectivity index (χ0n) is 12.7. The second-order valence-corrected chi connectivity index (χ2v) is 5.64. The Morgan fingerprint density at radius 1 is 1.28 bits per heavy atom. The summed E-state index contributed by atoms with van der Waals surface area (Å²) in [6, 6.07) is -0.0130. The summed E-state index contributed by atoms with van der Waals surface area (Å²) in [5.41, 5.74) is -0.468. The summed E-state index contributed by atoms with van der Waals surface area (Å²) in [4.78, 5) is 14.1. The second kappa shape index (κ2) is 7.74. The number of esters is 1. The third-order valence-corrected chi connectivity index (χ3v) is 3.02. The molecule has 0 saturated carbocycles. The van der Waals surface area contributed by atoms with Gasteiger partial charge in [-0.1, -0.05) is 13.8 Å².